The van der Waals surface area contributed by atoms with E-state index in [1.165, 1.54) is 18.7 Å². The number of benzene rings is 1. The van der Waals surface area contributed by atoms with Crippen LogP contribution >= 0.6 is 27.7 Å². The number of nitriles is 1. The summed E-state index contributed by atoms with van der Waals surface area (Å²) in [6.07, 6.45) is 0. The van der Waals surface area contributed by atoms with Crippen molar-refractivity contribution in [1.82, 2.24) is 15.2 Å². The van der Waals surface area contributed by atoms with Crippen molar-refractivity contribution in [2.24, 2.45) is 0 Å². The van der Waals surface area contributed by atoms with Crippen molar-refractivity contribution >= 4 is 33.5 Å². The minimum atomic E-state index is -0.113. The highest BCUT2D eigenvalue weighted by atomic mass is 79.9. The summed E-state index contributed by atoms with van der Waals surface area (Å²) in [6.45, 7) is 3.21. The lowest BCUT2D eigenvalue weighted by atomic mass is 10.1. The lowest BCUT2D eigenvalue weighted by Crippen LogP contribution is -2.02. The second-order valence-corrected chi connectivity index (χ2v) is 7.23. The minimum Gasteiger partial charge on any atom is -0.420 e. The van der Waals surface area contributed by atoms with Crippen LogP contribution in [0.5, 0.6) is 0 Å². The van der Waals surface area contributed by atoms with Crippen molar-refractivity contribution in [3.63, 3.8) is 0 Å². The Morgan fingerprint density at radius 2 is 2.12 bits per heavy atom. The SMILES string of the molecule is CC(=O)c1cc(C#N)c(SCc2nnc(-c3ccccc3Br)o2)nc1C. The third kappa shape index (κ3) is 3.84. The van der Waals surface area contributed by atoms with E-state index < -0.39 is 0 Å². The minimum absolute atomic E-state index is 0.113. The predicted octanol–water partition coefficient (Wildman–Crippen LogP) is 4.57. The van der Waals surface area contributed by atoms with Gasteiger partial charge in [0.25, 0.3) is 0 Å². The van der Waals surface area contributed by atoms with Crippen LogP contribution in [0.15, 0.2) is 44.2 Å². The predicted molar refractivity (Wildman–Crippen MR) is 101 cm³/mol. The molecule has 3 aromatic rings. The van der Waals surface area contributed by atoms with Crippen LogP contribution in [0.25, 0.3) is 11.5 Å². The Kier molecular flexibility index (Phi) is 5.49. The molecule has 0 amide bonds. The van der Waals surface area contributed by atoms with E-state index in [4.69, 9.17) is 4.42 Å². The van der Waals surface area contributed by atoms with Crippen LogP contribution in [-0.2, 0) is 5.75 Å². The van der Waals surface area contributed by atoms with Gasteiger partial charge in [-0.3, -0.25) is 4.79 Å². The van der Waals surface area contributed by atoms with Crippen LogP contribution in [0.2, 0.25) is 0 Å². The van der Waals surface area contributed by atoms with E-state index in [-0.39, 0.29) is 5.78 Å². The average molecular weight is 429 g/mol. The van der Waals surface area contributed by atoms with E-state index in [2.05, 4.69) is 37.2 Å². The molecular formula is C18H13BrN4O2S. The monoisotopic (exact) mass is 428 g/mol. The van der Waals surface area contributed by atoms with Gasteiger partial charge in [0.05, 0.1) is 16.9 Å². The maximum Gasteiger partial charge on any atom is 0.248 e. The molecule has 130 valence electrons. The van der Waals surface area contributed by atoms with Gasteiger partial charge < -0.3 is 4.42 Å². The first-order valence-electron chi connectivity index (χ1n) is 7.62. The van der Waals surface area contributed by atoms with Crippen molar-refractivity contribution in [3.8, 4) is 17.5 Å². The number of carbonyl (C=O) groups is 1. The lowest BCUT2D eigenvalue weighted by Gasteiger charge is -2.06. The fourth-order valence-electron chi connectivity index (χ4n) is 2.32. The van der Waals surface area contributed by atoms with Crippen molar-refractivity contribution in [1.29, 1.82) is 5.26 Å². The summed E-state index contributed by atoms with van der Waals surface area (Å²) < 4.78 is 6.57. The number of thioether (sulfide) groups is 1. The van der Waals surface area contributed by atoms with Crippen molar-refractivity contribution < 1.29 is 9.21 Å². The summed E-state index contributed by atoms with van der Waals surface area (Å²) in [7, 11) is 0. The number of ketones is 1. The maximum atomic E-state index is 11.6. The van der Waals surface area contributed by atoms with Gasteiger partial charge in [-0.15, -0.1) is 10.2 Å². The number of aromatic nitrogens is 3. The van der Waals surface area contributed by atoms with Crippen molar-refractivity contribution in [2.75, 3.05) is 0 Å². The number of aryl methyl sites for hydroxylation is 1. The van der Waals surface area contributed by atoms with Crippen LogP contribution in [0.1, 0.15) is 34.4 Å². The fraction of sp³-hybridized carbons (Fsp3) is 0.167. The molecule has 0 saturated heterocycles. The van der Waals surface area contributed by atoms with Crippen LogP contribution in [0.4, 0.5) is 0 Å². The summed E-state index contributed by atoms with van der Waals surface area (Å²) in [6, 6.07) is 11.2. The normalized spacial score (nSPS) is 10.5. The zero-order valence-electron chi connectivity index (χ0n) is 14.0. The Hall–Kier alpha value is -2.50. The molecule has 0 aliphatic carbocycles. The summed E-state index contributed by atoms with van der Waals surface area (Å²) in [5.74, 6) is 1.11. The first kappa shape index (κ1) is 18.3. The van der Waals surface area contributed by atoms with Gasteiger partial charge in [-0.05, 0) is 48.0 Å². The van der Waals surface area contributed by atoms with Crippen LogP contribution < -0.4 is 0 Å². The number of hydrogen-bond donors (Lipinski definition) is 0. The van der Waals surface area contributed by atoms with Crippen LogP contribution in [0, 0.1) is 18.3 Å². The highest BCUT2D eigenvalue weighted by Crippen LogP contribution is 2.29. The summed E-state index contributed by atoms with van der Waals surface area (Å²) in [5.41, 5.74) is 2.23. The molecule has 0 fully saturated rings. The van der Waals surface area contributed by atoms with Crippen molar-refractivity contribution in [2.45, 2.75) is 24.6 Å². The molecule has 2 aromatic heterocycles. The first-order chi connectivity index (χ1) is 12.5. The Morgan fingerprint density at radius 3 is 2.81 bits per heavy atom. The van der Waals surface area contributed by atoms with E-state index in [1.807, 2.05) is 24.3 Å². The number of pyridine rings is 1. The molecule has 0 N–H and O–H groups in total. The first-order valence-corrected chi connectivity index (χ1v) is 9.40. The Balaban J connectivity index is 1.80. The van der Waals surface area contributed by atoms with Crippen molar-refractivity contribution in [3.05, 3.63) is 57.5 Å². The molecule has 0 unspecified atom stereocenters. The Morgan fingerprint density at radius 1 is 1.35 bits per heavy atom. The van der Waals surface area contributed by atoms with Gasteiger partial charge in [0, 0.05) is 15.7 Å². The molecule has 0 aliphatic rings. The third-order valence-electron chi connectivity index (χ3n) is 3.58. The van der Waals surface area contributed by atoms with Gasteiger partial charge >= 0.3 is 0 Å². The van der Waals surface area contributed by atoms with Gasteiger partial charge in [0.15, 0.2) is 5.78 Å². The van der Waals surface area contributed by atoms with Gasteiger partial charge in [0.1, 0.15) is 11.1 Å². The molecule has 0 radical (unpaired) electrons. The molecular weight excluding hydrogens is 416 g/mol. The van der Waals surface area contributed by atoms with Gasteiger partial charge in [-0.1, -0.05) is 23.9 Å². The number of hydrogen-bond acceptors (Lipinski definition) is 7. The van der Waals surface area contributed by atoms with E-state index in [9.17, 15) is 10.1 Å². The summed E-state index contributed by atoms with van der Waals surface area (Å²) in [4.78, 5) is 16.0. The number of rotatable bonds is 5. The van der Waals surface area contributed by atoms with Gasteiger partial charge in [-0.2, -0.15) is 5.26 Å². The highest BCUT2D eigenvalue weighted by Gasteiger charge is 2.15. The third-order valence-corrected chi connectivity index (χ3v) is 5.25. The summed E-state index contributed by atoms with van der Waals surface area (Å²) >= 11 is 4.78. The largest absolute Gasteiger partial charge is 0.420 e. The van der Waals surface area contributed by atoms with E-state index in [0.29, 0.717) is 39.4 Å². The van der Waals surface area contributed by atoms with Gasteiger partial charge in [0.2, 0.25) is 11.8 Å². The molecule has 0 saturated carbocycles. The molecule has 0 aliphatic heterocycles. The standard InChI is InChI=1S/C18H13BrN4O2S/c1-10-14(11(2)24)7-12(8-20)18(21-10)26-9-16-22-23-17(25-16)13-5-3-4-6-15(13)19/h3-7H,9H2,1-2H3. The quantitative estimate of drug-likeness (QED) is 0.433. The smallest absolute Gasteiger partial charge is 0.248 e. The number of Topliss-reactive ketones (excluding diaryl/α,β-unsaturated/α-hetero) is 1. The number of carbonyl (C=O) groups excluding carboxylic acids is 1. The fourth-order valence-corrected chi connectivity index (χ4v) is 3.61. The van der Waals surface area contributed by atoms with E-state index in [1.54, 1.807) is 13.0 Å². The molecule has 2 heterocycles. The van der Waals surface area contributed by atoms with E-state index in [0.717, 1.165) is 10.0 Å². The zero-order chi connectivity index (χ0) is 18.7. The molecule has 3 rings (SSSR count). The Bertz CT molecular complexity index is 1030. The van der Waals surface area contributed by atoms with Gasteiger partial charge in [-0.25, -0.2) is 4.98 Å². The second-order valence-electron chi connectivity index (χ2n) is 5.41. The molecule has 6 nitrogen and oxygen atoms in total. The second kappa shape index (κ2) is 7.81. The van der Waals surface area contributed by atoms with Crippen LogP contribution in [-0.4, -0.2) is 21.0 Å². The topological polar surface area (TPSA) is 92.7 Å². The maximum absolute atomic E-state index is 11.6. The zero-order valence-corrected chi connectivity index (χ0v) is 16.4. The molecule has 0 spiro atoms. The molecule has 0 bridgehead atoms. The number of nitrogens with zero attached hydrogens (tertiary/aromatic N) is 4. The number of halogens is 1. The molecule has 0 atom stereocenters. The summed E-state index contributed by atoms with van der Waals surface area (Å²) in [5, 5.41) is 18.0. The molecule has 8 heteroatoms. The average Bonchev–Trinajstić information content (AvgIpc) is 3.08. The lowest BCUT2D eigenvalue weighted by molar-refractivity contribution is 0.101. The Labute approximate surface area is 162 Å². The van der Waals surface area contributed by atoms with Crippen LogP contribution in [0.3, 0.4) is 0 Å². The molecule has 26 heavy (non-hydrogen) atoms. The van der Waals surface area contributed by atoms with E-state index >= 15 is 0 Å². The molecule has 1 aromatic carbocycles. The highest BCUT2D eigenvalue weighted by molar-refractivity contribution is 9.10.